The fourth-order valence-corrected chi connectivity index (χ4v) is 3.63. The Hall–Kier alpha value is -3.22. The van der Waals surface area contributed by atoms with Gasteiger partial charge in [-0.1, -0.05) is 29.8 Å². The fraction of sp³-hybridized carbons (Fsp3) is 0.333. The Morgan fingerprint density at radius 2 is 1.68 bits per heavy atom. The van der Waals surface area contributed by atoms with E-state index in [0.29, 0.717) is 24.3 Å². The van der Waals surface area contributed by atoms with Gasteiger partial charge in [0.15, 0.2) is 5.65 Å². The molecule has 1 saturated heterocycles. The zero-order valence-electron chi connectivity index (χ0n) is 15.8. The number of benzene rings is 1. The molecule has 1 aromatic carbocycles. The fourth-order valence-electron chi connectivity index (χ4n) is 3.63. The van der Waals surface area contributed by atoms with Gasteiger partial charge in [0.25, 0.3) is 0 Å². The molecule has 0 spiro atoms. The molecule has 0 atom stereocenters. The second-order valence-corrected chi connectivity index (χ2v) is 7.20. The summed E-state index contributed by atoms with van der Waals surface area (Å²) in [6, 6.07) is 11.2. The highest BCUT2D eigenvalue weighted by molar-refractivity contribution is 5.79. The Balaban J connectivity index is 1.79. The summed E-state index contributed by atoms with van der Waals surface area (Å²) in [5.41, 5.74) is 1.56. The summed E-state index contributed by atoms with van der Waals surface area (Å²) in [6.45, 7) is 3.51. The van der Waals surface area contributed by atoms with Crippen molar-refractivity contribution in [3.8, 4) is 0 Å². The molecule has 0 aliphatic carbocycles. The molecule has 3 aromatic rings. The molecular weight excluding hydrogens is 356 g/mol. The zero-order chi connectivity index (χ0) is 19.7. The molecule has 4 rings (SSSR count). The van der Waals surface area contributed by atoms with Crippen LogP contribution in [0.15, 0.2) is 52.2 Å². The molecule has 0 radical (unpaired) electrons. The molecule has 2 aromatic heterocycles. The quantitative estimate of drug-likeness (QED) is 0.645. The Bertz CT molecular complexity index is 1140. The number of likely N-dealkylation sites (tertiary alicyclic amines) is 1. The standard InChI is InChI=1S/C21H22N4O3/c1-15-6-8-16(9-7-15)13-25-19-17(5-4-10-22-19)24(20(27)21(25)28)14-18(26)23-11-2-3-12-23/h4-10H,2-3,11-14H2,1H3. The van der Waals surface area contributed by atoms with E-state index >= 15 is 0 Å². The first-order chi connectivity index (χ1) is 13.5. The molecule has 28 heavy (non-hydrogen) atoms. The molecule has 7 heteroatoms. The van der Waals surface area contributed by atoms with Crippen LogP contribution < -0.4 is 11.1 Å². The Morgan fingerprint density at radius 1 is 1.00 bits per heavy atom. The Morgan fingerprint density at radius 3 is 2.39 bits per heavy atom. The Kier molecular flexibility index (Phi) is 4.81. The molecular formula is C21H22N4O3. The molecule has 144 valence electrons. The maximum atomic E-state index is 12.8. The lowest BCUT2D eigenvalue weighted by Gasteiger charge is -2.18. The topological polar surface area (TPSA) is 77.2 Å². The lowest BCUT2D eigenvalue weighted by Crippen LogP contribution is -2.44. The third-order valence-electron chi connectivity index (χ3n) is 5.20. The molecule has 1 fully saturated rings. The summed E-state index contributed by atoms with van der Waals surface area (Å²) >= 11 is 0. The van der Waals surface area contributed by atoms with Crippen molar-refractivity contribution in [2.75, 3.05) is 13.1 Å². The van der Waals surface area contributed by atoms with Crippen molar-refractivity contribution >= 4 is 17.1 Å². The second kappa shape index (κ2) is 7.42. The molecule has 0 bridgehead atoms. The SMILES string of the molecule is Cc1ccc(Cn2c(=O)c(=O)n(CC(=O)N3CCCC3)c3cccnc32)cc1. The zero-order valence-corrected chi connectivity index (χ0v) is 15.8. The van der Waals surface area contributed by atoms with Crippen molar-refractivity contribution < 1.29 is 4.79 Å². The highest BCUT2D eigenvalue weighted by Gasteiger charge is 2.21. The summed E-state index contributed by atoms with van der Waals surface area (Å²) in [4.78, 5) is 44.3. The van der Waals surface area contributed by atoms with E-state index in [-0.39, 0.29) is 19.0 Å². The summed E-state index contributed by atoms with van der Waals surface area (Å²) in [5, 5.41) is 0. The van der Waals surface area contributed by atoms with E-state index in [1.807, 2.05) is 31.2 Å². The Labute approximate surface area is 161 Å². The van der Waals surface area contributed by atoms with Crippen LogP contribution in [0.2, 0.25) is 0 Å². The predicted molar refractivity (Wildman–Crippen MR) is 106 cm³/mol. The summed E-state index contributed by atoms with van der Waals surface area (Å²) in [6.07, 6.45) is 3.53. The van der Waals surface area contributed by atoms with Gasteiger partial charge in [0.2, 0.25) is 5.91 Å². The van der Waals surface area contributed by atoms with Gasteiger partial charge < -0.3 is 4.90 Å². The van der Waals surface area contributed by atoms with Crippen molar-refractivity contribution in [2.45, 2.75) is 32.9 Å². The van der Waals surface area contributed by atoms with Crippen LogP contribution >= 0.6 is 0 Å². The van der Waals surface area contributed by atoms with Gasteiger partial charge in [-0.2, -0.15) is 0 Å². The van der Waals surface area contributed by atoms with E-state index in [1.165, 1.54) is 9.13 Å². The molecule has 0 unspecified atom stereocenters. The molecule has 7 nitrogen and oxygen atoms in total. The van der Waals surface area contributed by atoms with Crippen LogP contribution in [0.1, 0.15) is 24.0 Å². The van der Waals surface area contributed by atoms with Gasteiger partial charge in [0, 0.05) is 19.3 Å². The smallest absolute Gasteiger partial charge is 0.318 e. The van der Waals surface area contributed by atoms with Gasteiger partial charge in [0.1, 0.15) is 6.54 Å². The normalized spacial score (nSPS) is 14.0. The lowest BCUT2D eigenvalue weighted by atomic mass is 10.1. The van der Waals surface area contributed by atoms with Crippen molar-refractivity contribution in [1.29, 1.82) is 0 Å². The monoisotopic (exact) mass is 378 g/mol. The third-order valence-corrected chi connectivity index (χ3v) is 5.20. The van der Waals surface area contributed by atoms with Gasteiger partial charge in [0.05, 0.1) is 12.1 Å². The van der Waals surface area contributed by atoms with Crippen LogP contribution in [0.3, 0.4) is 0 Å². The minimum Gasteiger partial charge on any atom is -0.341 e. The van der Waals surface area contributed by atoms with Crippen LogP contribution in [0.5, 0.6) is 0 Å². The predicted octanol–water partition coefficient (Wildman–Crippen LogP) is 1.54. The molecule has 3 heterocycles. The van der Waals surface area contributed by atoms with Crippen LogP contribution in [-0.4, -0.2) is 38.0 Å². The average molecular weight is 378 g/mol. The maximum Gasteiger partial charge on any atom is 0.318 e. The van der Waals surface area contributed by atoms with Crippen molar-refractivity contribution in [3.05, 3.63) is 74.4 Å². The number of aryl methyl sites for hydroxylation is 1. The number of fused-ring (bicyclic) bond motifs is 1. The first kappa shape index (κ1) is 18.2. The number of amides is 1. The minimum absolute atomic E-state index is 0.137. The molecule has 1 amide bonds. The average Bonchev–Trinajstić information content (AvgIpc) is 3.25. The van der Waals surface area contributed by atoms with Gasteiger partial charge in [-0.15, -0.1) is 0 Å². The number of nitrogens with zero attached hydrogens (tertiary/aromatic N) is 4. The van der Waals surface area contributed by atoms with E-state index in [2.05, 4.69) is 4.98 Å². The molecule has 0 N–H and O–H groups in total. The van der Waals surface area contributed by atoms with Crippen molar-refractivity contribution in [2.24, 2.45) is 0 Å². The number of carbonyl (C=O) groups is 1. The van der Waals surface area contributed by atoms with E-state index in [1.54, 1.807) is 23.2 Å². The molecule has 0 saturated carbocycles. The van der Waals surface area contributed by atoms with Crippen LogP contribution in [0, 0.1) is 6.92 Å². The van der Waals surface area contributed by atoms with Crippen LogP contribution in [0.25, 0.3) is 11.2 Å². The van der Waals surface area contributed by atoms with Crippen LogP contribution in [-0.2, 0) is 17.9 Å². The number of rotatable bonds is 4. The largest absolute Gasteiger partial charge is 0.341 e. The highest BCUT2D eigenvalue weighted by Crippen LogP contribution is 2.13. The van der Waals surface area contributed by atoms with Gasteiger partial charge >= 0.3 is 11.1 Å². The lowest BCUT2D eigenvalue weighted by molar-refractivity contribution is -0.130. The molecule has 1 aliphatic heterocycles. The summed E-state index contributed by atoms with van der Waals surface area (Å²) in [5.74, 6) is -0.138. The summed E-state index contributed by atoms with van der Waals surface area (Å²) < 4.78 is 2.65. The minimum atomic E-state index is -0.694. The van der Waals surface area contributed by atoms with Crippen molar-refractivity contribution in [3.63, 3.8) is 0 Å². The first-order valence-electron chi connectivity index (χ1n) is 9.46. The maximum absolute atomic E-state index is 12.8. The molecule has 1 aliphatic rings. The number of hydrogen-bond donors (Lipinski definition) is 0. The first-order valence-corrected chi connectivity index (χ1v) is 9.46. The van der Waals surface area contributed by atoms with E-state index in [0.717, 1.165) is 24.0 Å². The van der Waals surface area contributed by atoms with E-state index in [4.69, 9.17) is 0 Å². The summed E-state index contributed by atoms with van der Waals surface area (Å²) in [7, 11) is 0. The third kappa shape index (κ3) is 3.35. The van der Waals surface area contributed by atoms with Gasteiger partial charge in [-0.3, -0.25) is 23.5 Å². The number of pyridine rings is 1. The van der Waals surface area contributed by atoms with Gasteiger partial charge in [-0.25, -0.2) is 4.98 Å². The number of hydrogen-bond acceptors (Lipinski definition) is 4. The number of carbonyl (C=O) groups excluding carboxylic acids is 1. The van der Waals surface area contributed by atoms with Gasteiger partial charge in [-0.05, 0) is 37.5 Å². The van der Waals surface area contributed by atoms with E-state index in [9.17, 15) is 14.4 Å². The second-order valence-electron chi connectivity index (χ2n) is 7.20. The van der Waals surface area contributed by atoms with Crippen LogP contribution in [0.4, 0.5) is 0 Å². The van der Waals surface area contributed by atoms with Crippen molar-refractivity contribution in [1.82, 2.24) is 19.0 Å². The number of aromatic nitrogens is 3. The highest BCUT2D eigenvalue weighted by atomic mass is 16.2. The van der Waals surface area contributed by atoms with E-state index < -0.39 is 11.1 Å².